The van der Waals surface area contributed by atoms with Gasteiger partial charge in [-0.1, -0.05) is 0 Å². The summed E-state index contributed by atoms with van der Waals surface area (Å²) in [6.45, 7) is 5.96. The summed E-state index contributed by atoms with van der Waals surface area (Å²) in [5.74, 6) is 0.806. The lowest BCUT2D eigenvalue weighted by Crippen LogP contribution is -2.33. The lowest BCUT2D eigenvalue weighted by molar-refractivity contribution is 0.109. The smallest absolute Gasteiger partial charge is 0.409 e. The molecule has 1 aromatic carbocycles. The Kier molecular flexibility index (Phi) is 6.08. The summed E-state index contributed by atoms with van der Waals surface area (Å²) in [5, 5.41) is 0. The number of carbonyl (C=O) groups excluding carboxylic acids is 1. The average molecular weight is 371 g/mol. The molecule has 0 fully saturated rings. The van der Waals surface area contributed by atoms with Gasteiger partial charge in [0.15, 0.2) is 0 Å². The van der Waals surface area contributed by atoms with E-state index in [9.17, 15) is 4.79 Å². The molecule has 122 valence electrons. The Morgan fingerprint density at radius 2 is 2.00 bits per heavy atom. The molecule has 2 rings (SSSR count). The van der Waals surface area contributed by atoms with Gasteiger partial charge in [0.1, 0.15) is 12.4 Å². The third-order valence-electron chi connectivity index (χ3n) is 3.58. The number of benzene rings is 1. The fourth-order valence-electron chi connectivity index (χ4n) is 2.45. The molecule has 1 atom stereocenters. The second-order valence-electron chi connectivity index (χ2n) is 5.53. The zero-order valence-corrected chi connectivity index (χ0v) is 14.7. The maximum atomic E-state index is 11.9. The summed E-state index contributed by atoms with van der Waals surface area (Å²) >= 11 is 3.55. The monoisotopic (exact) mass is 370 g/mol. The van der Waals surface area contributed by atoms with E-state index in [1.165, 1.54) is 11.1 Å². The predicted octanol–water partition coefficient (Wildman–Crippen LogP) is 2.73. The maximum Gasteiger partial charge on any atom is 0.409 e. The zero-order valence-electron chi connectivity index (χ0n) is 13.1. The summed E-state index contributed by atoms with van der Waals surface area (Å²) < 4.78 is 11.8. The molecular weight excluding hydrogens is 348 g/mol. The summed E-state index contributed by atoms with van der Waals surface area (Å²) in [7, 11) is 0. The van der Waals surface area contributed by atoms with Crippen LogP contribution in [0, 0.1) is 0 Å². The Morgan fingerprint density at radius 1 is 1.36 bits per heavy atom. The van der Waals surface area contributed by atoms with E-state index in [4.69, 9.17) is 15.2 Å². The normalized spacial score (nSPS) is 15.7. The summed E-state index contributed by atoms with van der Waals surface area (Å²) in [6, 6.07) is 4.13. The van der Waals surface area contributed by atoms with E-state index in [1.54, 1.807) is 4.90 Å². The van der Waals surface area contributed by atoms with Crippen LogP contribution in [-0.2, 0) is 17.6 Å². The molecule has 1 aliphatic rings. The van der Waals surface area contributed by atoms with Crippen LogP contribution in [0.2, 0.25) is 0 Å². The van der Waals surface area contributed by atoms with Crippen LogP contribution in [0.1, 0.15) is 25.0 Å². The van der Waals surface area contributed by atoms with Crippen LogP contribution in [-0.4, -0.2) is 43.3 Å². The molecule has 0 radical (unpaired) electrons. The van der Waals surface area contributed by atoms with Crippen molar-refractivity contribution in [3.05, 3.63) is 27.7 Å². The van der Waals surface area contributed by atoms with E-state index in [-0.39, 0.29) is 12.1 Å². The quantitative estimate of drug-likeness (QED) is 0.884. The number of carbonyl (C=O) groups is 1. The maximum absolute atomic E-state index is 11.9. The number of halogens is 1. The summed E-state index contributed by atoms with van der Waals surface area (Å²) in [4.78, 5) is 13.6. The number of ether oxygens (including phenoxy) is 2. The molecule has 0 aliphatic carbocycles. The molecule has 1 aliphatic heterocycles. The molecule has 0 spiro atoms. The number of nitrogens with two attached hydrogens (primary N) is 1. The first-order valence-corrected chi connectivity index (χ1v) is 8.42. The SMILES string of the molecule is CCOC(=O)N1CCc2cc(Br)c(OC[C@H](C)N)cc2CC1. The van der Waals surface area contributed by atoms with Gasteiger partial charge in [-0.15, -0.1) is 0 Å². The van der Waals surface area contributed by atoms with Crippen molar-refractivity contribution in [3.63, 3.8) is 0 Å². The van der Waals surface area contributed by atoms with Crippen LogP contribution >= 0.6 is 15.9 Å². The molecule has 1 heterocycles. The first-order valence-electron chi connectivity index (χ1n) is 7.62. The Morgan fingerprint density at radius 3 is 2.59 bits per heavy atom. The van der Waals surface area contributed by atoms with Crippen molar-refractivity contribution >= 4 is 22.0 Å². The van der Waals surface area contributed by atoms with Gasteiger partial charge in [-0.2, -0.15) is 0 Å². The Balaban J connectivity index is 2.10. The van der Waals surface area contributed by atoms with Crippen molar-refractivity contribution < 1.29 is 14.3 Å². The van der Waals surface area contributed by atoms with Crippen molar-refractivity contribution in [2.75, 3.05) is 26.3 Å². The average Bonchev–Trinajstić information content (AvgIpc) is 2.67. The van der Waals surface area contributed by atoms with Gasteiger partial charge in [-0.3, -0.25) is 0 Å². The fraction of sp³-hybridized carbons (Fsp3) is 0.562. The number of hydrogen-bond donors (Lipinski definition) is 1. The third kappa shape index (κ3) is 4.36. The van der Waals surface area contributed by atoms with E-state index >= 15 is 0 Å². The standard InChI is InChI=1S/C16H23BrN2O3/c1-3-21-16(20)19-6-4-12-8-14(17)15(22-10-11(2)18)9-13(12)5-7-19/h8-9,11H,3-7,10,18H2,1-2H3/t11-/m0/s1. The largest absolute Gasteiger partial charge is 0.491 e. The van der Waals surface area contributed by atoms with Gasteiger partial charge in [-0.05, 0) is 65.9 Å². The van der Waals surface area contributed by atoms with Crippen LogP contribution in [0.3, 0.4) is 0 Å². The molecular formula is C16H23BrN2O3. The molecule has 6 heteroatoms. The van der Waals surface area contributed by atoms with Crippen LogP contribution in [0.15, 0.2) is 16.6 Å². The van der Waals surface area contributed by atoms with Gasteiger partial charge in [0.25, 0.3) is 0 Å². The van der Waals surface area contributed by atoms with Gasteiger partial charge in [0.2, 0.25) is 0 Å². The zero-order chi connectivity index (χ0) is 16.1. The number of amides is 1. The molecule has 5 nitrogen and oxygen atoms in total. The summed E-state index contributed by atoms with van der Waals surface area (Å²) in [5.41, 5.74) is 8.19. The van der Waals surface area contributed by atoms with Crippen LogP contribution < -0.4 is 10.5 Å². The lowest BCUT2D eigenvalue weighted by atomic mass is 10.0. The molecule has 2 N–H and O–H groups in total. The van der Waals surface area contributed by atoms with Crippen molar-refractivity contribution in [2.45, 2.75) is 32.7 Å². The van der Waals surface area contributed by atoms with E-state index in [0.29, 0.717) is 26.3 Å². The highest BCUT2D eigenvalue weighted by Crippen LogP contribution is 2.31. The van der Waals surface area contributed by atoms with E-state index in [1.807, 2.05) is 13.8 Å². The van der Waals surface area contributed by atoms with Crippen molar-refractivity contribution in [1.82, 2.24) is 4.90 Å². The highest BCUT2D eigenvalue weighted by molar-refractivity contribution is 9.10. The Bertz CT molecular complexity index is 534. The minimum absolute atomic E-state index is 0.00924. The number of rotatable bonds is 4. The minimum Gasteiger partial charge on any atom is -0.491 e. The highest BCUT2D eigenvalue weighted by Gasteiger charge is 2.20. The molecule has 0 saturated carbocycles. The highest BCUT2D eigenvalue weighted by atomic mass is 79.9. The second-order valence-corrected chi connectivity index (χ2v) is 6.38. The molecule has 1 amide bonds. The molecule has 0 unspecified atom stereocenters. The number of fused-ring (bicyclic) bond motifs is 1. The number of hydrogen-bond acceptors (Lipinski definition) is 4. The van der Waals surface area contributed by atoms with Crippen LogP contribution in [0.4, 0.5) is 4.79 Å². The van der Waals surface area contributed by atoms with Crippen molar-refractivity contribution in [1.29, 1.82) is 0 Å². The third-order valence-corrected chi connectivity index (χ3v) is 4.20. The lowest BCUT2D eigenvalue weighted by Gasteiger charge is -2.18. The topological polar surface area (TPSA) is 64.8 Å². The van der Waals surface area contributed by atoms with Gasteiger partial charge in [0.05, 0.1) is 11.1 Å². The summed E-state index contributed by atoms with van der Waals surface area (Å²) in [6.07, 6.45) is 1.39. The fourth-order valence-corrected chi connectivity index (χ4v) is 2.96. The predicted molar refractivity (Wildman–Crippen MR) is 89.3 cm³/mol. The molecule has 1 aromatic rings. The van der Waals surface area contributed by atoms with Gasteiger partial charge < -0.3 is 20.1 Å². The molecule has 0 saturated heterocycles. The first-order chi connectivity index (χ1) is 10.5. The van der Waals surface area contributed by atoms with Gasteiger partial charge >= 0.3 is 6.09 Å². The first kappa shape index (κ1) is 17.1. The van der Waals surface area contributed by atoms with E-state index in [0.717, 1.165) is 23.1 Å². The van der Waals surface area contributed by atoms with Crippen LogP contribution in [0.25, 0.3) is 0 Å². The second kappa shape index (κ2) is 7.83. The van der Waals surface area contributed by atoms with Crippen LogP contribution in [0.5, 0.6) is 5.75 Å². The van der Waals surface area contributed by atoms with Gasteiger partial charge in [-0.25, -0.2) is 4.79 Å². The molecule has 0 aromatic heterocycles. The molecule has 0 bridgehead atoms. The van der Waals surface area contributed by atoms with E-state index < -0.39 is 0 Å². The minimum atomic E-state index is -0.234. The van der Waals surface area contributed by atoms with Crippen molar-refractivity contribution in [2.24, 2.45) is 5.73 Å². The van der Waals surface area contributed by atoms with E-state index in [2.05, 4.69) is 28.1 Å². The number of nitrogens with zero attached hydrogens (tertiary/aromatic N) is 1. The van der Waals surface area contributed by atoms with Gasteiger partial charge in [0, 0.05) is 19.1 Å². The Hall–Kier alpha value is -1.27. The Labute approximate surface area is 139 Å². The molecule has 22 heavy (non-hydrogen) atoms. The van der Waals surface area contributed by atoms with Crippen molar-refractivity contribution in [3.8, 4) is 5.75 Å².